The Bertz CT molecular complexity index is 573. The Morgan fingerprint density at radius 2 is 2.19 bits per heavy atom. The first-order valence-electron chi connectivity index (χ1n) is 6.78. The van der Waals surface area contributed by atoms with E-state index in [-0.39, 0.29) is 6.61 Å². The van der Waals surface area contributed by atoms with Crippen molar-refractivity contribution >= 4 is 11.6 Å². The highest BCUT2D eigenvalue weighted by Gasteiger charge is 2.13. The van der Waals surface area contributed by atoms with Crippen molar-refractivity contribution in [2.75, 3.05) is 7.11 Å². The number of aliphatic hydroxyl groups excluding tert-OH is 1. The Morgan fingerprint density at radius 1 is 1.38 bits per heavy atom. The summed E-state index contributed by atoms with van der Waals surface area (Å²) in [6, 6.07) is 3.34. The Morgan fingerprint density at radius 3 is 2.86 bits per heavy atom. The summed E-state index contributed by atoms with van der Waals surface area (Å²) >= 11 is 5.98. The van der Waals surface area contributed by atoms with Gasteiger partial charge in [-0.05, 0) is 12.5 Å². The van der Waals surface area contributed by atoms with Crippen LogP contribution in [0, 0.1) is 0 Å². The number of nitrogens with zero attached hydrogens (tertiary/aromatic N) is 2. The number of benzene rings is 1. The number of rotatable bonds is 7. The predicted octanol–water partition coefficient (Wildman–Crippen LogP) is 3.03. The minimum absolute atomic E-state index is 0.166. The number of imidazole rings is 1. The van der Waals surface area contributed by atoms with Crippen LogP contribution in [0.3, 0.4) is 0 Å². The molecule has 2 aromatic rings. The predicted molar refractivity (Wildman–Crippen MR) is 80.8 cm³/mol. The van der Waals surface area contributed by atoms with E-state index < -0.39 is 0 Å². The van der Waals surface area contributed by atoms with Gasteiger partial charge in [0.05, 0.1) is 31.9 Å². The molecule has 5 nitrogen and oxygen atoms in total. The molecule has 0 radical (unpaired) electrons. The normalized spacial score (nSPS) is 10.7. The molecule has 1 N–H and O–H groups in total. The number of halogens is 1. The van der Waals surface area contributed by atoms with Crippen LogP contribution >= 0.6 is 11.6 Å². The number of hydrogen-bond donors (Lipinski definition) is 1. The van der Waals surface area contributed by atoms with Gasteiger partial charge in [-0.25, -0.2) is 4.98 Å². The van der Waals surface area contributed by atoms with E-state index in [9.17, 15) is 5.11 Å². The SMILES string of the molecule is CCCn1cncc1COc1c(CO)cc(Cl)cc1OC. The van der Waals surface area contributed by atoms with Crippen molar-refractivity contribution < 1.29 is 14.6 Å². The molecule has 1 heterocycles. The lowest BCUT2D eigenvalue weighted by molar-refractivity contribution is 0.246. The maximum absolute atomic E-state index is 9.45. The number of methoxy groups -OCH3 is 1. The molecule has 0 atom stereocenters. The second-order valence-electron chi connectivity index (χ2n) is 4.62. The van der Waals surface area contributed by atoms with Crippen molar-refractivity contribution in [1.29, 1.82) is 0 Å². The van der Waals surface area contributed by atoms with Gasteiger partial charge in [-0.15, -0.1) is 0 Å². The van der Waals surface area contributed by atoms with Crippen molar-refractivity contribution in [3.05, 3.63) is 40.9 Å². The lowest BCUT2D eigenvalue weighted by Gasteiger charge is -2.15. The van der Waals surface area contributed by atoms with E-state index in [1.165, 1.54) is 0 Å². The van der Waals surface area contributed by atoms with Crippen LogP contribution in [0.4, 0.5) is 0 Å². The summed E-state index contributed by atoms with van der Waals surface area (Å²) in [6.07, 6.45) is 4.58. The molecule has 0 bridgehead atoms. The van der Waals surface area contributed by atoms with E-state index in [1.807, 2.05) is 4.57 Å². The molecule has 0 spiro atoms. The van der Waals surface area contributed by atoms with Crippen LogP contribution < -0.4 is 9.47 Å². The number of aromatic nitrogens is 2. The number of aryl methyl sites for hydroxylation is 1. The first kappa shape index (κ1) is 15.7. The Balaban J connectivity index is 2.21. The van der Waals surface area contributed by atoms with Gasteiger partial charge in [0.1, 0.15) is 6.61 Å². The summed E-state index contributed by atoms with van der Waals surface area (Å²) in [7, 11) is 1.54. The summed E-state index contributed by atoms with van der Waals surface area (Å²) in [5.41, 5.74) is 1.57. The van der Waals surface area contributed by atoms with Crippen molar-refractivity contribution in [2.24, 2.45) is 0 Å². The fourth-order valence-corrected chi connectivity index (χ4v) is 2.34. The highest BCUT2D eigenvalue weighted by Crippen LogP contribution is 2.35. The van der Waals surface area contributed by atoms with Crippen LogP contribution in [-0.2, 0) is 19.8 Å². The molecule has 0 unspecified atom stereocenters. The Hall–Kier alpha value is -1.72. The summed E-state index contributed by atoms with van der Waals surface area (Å²) in [5, 5.41) is 9.95. The van der Waals surface area contributed by atoms with Crippen LogP contribution in [0.15, 0.2) is 24.7 Å². The molecule has 0 saturated heterocycles. The van der Waals surface area contributed by atoms with Gasteiger partial charge in [-0.2, -0.15) is 0 Å². The minimum atomic E-state index is -0.166. The average molecular weight is 311 g/mol. The molecule has 0 aliphatic carbocycles. The van der Waals surface area contributed by atoms with Gasteiger partial charge in [-0.1, -0.05) is 18.5 Å². The van der Waals surface area contributed by atoms with E-state index in [0.717, 1.165) is 18.7 Å². The van der Waals surface area contributed by atoms with Gasteiger partial charge in [-0.3, -0.25) is 0 Å². The molecular weight excluding hydrogens is 292 g/mol. The monoisotopic (exact) mass is 310 g/mol. The van der Waals surface area contributed by atoms with E-state index in [1.54, 1.807) is 31.8 Å². The van der Waals surface area contributed by atoms with Crippen molar-refractivity contribution in [1.82, 2.24) is 9.55 Å². The van der Waals surface area contributed by atoms with Gasteiger partial charge < -0.3 is 19.1 Å². The van der Waals surface area contributed by atoms with Gasteiger partial charge in [0.2, 0.25) is 0 Å². The Labute approximate surface area is 129 Å². The molecule has 1 aromatic heterocycles. The van der Waals surface area contributed by atoms with Crippen molar-refractivity contribution in [2.45, 2.75) is 33.1 Å². The van der Waals surface area contributed by atoms with Gasteiger partial charge >= 0.3 is 0 Å². The van der Waals surface area contributed by atoms with Gasteiger partial charge in [0.25, 0.3) is 0 Å². The molecular formula is C15H19ClN2O3. The molecule has 0 fully saturated rings. The summed E-state index contributed by atoms with van der Waals surface area (Å²) < 4.78 is 13.1. The van der Waals surface area contributed by atoms with Gasteiger partial charge in [0.15, 0.2) is 11.5 Å². The van der Waals surface area contributed by atoms with E-state index in [0.29, 0.717) is 28.7 Å². The van der Waals surface area contributed by atoms with Crippen molar-refractivity contribution in [3.8, 4) is 11.5 Å². The van der Waals surface area contributed by atoms with Crippen LogP contribution in [0.1, 0.15) is 24.6 Å². The molecule has 0 aliphatic rings. The number of aliphatic hydroxyl groups is 1. The molecule has 2 rings (SSSR count). The first-order valence-corrected chi connectivity index (χ1v) is 7.16. The molecule has 0 saturated carbocycles. The number of hydrogen-bond acceptors (Lipinski definition) is 4. The zero-order valence-corrected chi connectivity index (χ0v) is 12.9. The largest absolute Gasteiger partial charge is 0.493 e. The van der Waals surface area contributed by atoms with E-state index >= 15 is 0 Å². The summed E-state index contributed by atoms with van der Waals surface area (Å²) in [4.78, 5) is 4.13. The third-order valence-electron chi connectivity index (χ3n) is 3.11. The maximum Gasteiger partial charge on any atom is 0.167 e. The molecule has 6 heteroatoms. The molecule has 0 aliphatic heterocycles. The molecule has 21 heavy (non-hydrogen) atoms. The molecule has 0 amide bonds. The minimum Gasteiger partial charge on any atom is -0.493 e. The summed E-state index contributed by atoms with van der Waals surface area (Å²) in [6.45, 7) is 3.19. The quantitative estimate of drug-likeness (QED) is 0.854. The average Bonchev–Trinajstić information content (AvgIpc) is 2.92. The third-order valence-corrected chi connectivity index (χ3v) is 3.33. The summed E-state index contributed by atoms with van der Waals surface area (Å²) in [5.74, 6) is 1.02. The molecule has 114 valence electrons. The maximum atomic E-state index is 9.45. The zero-order valence-electron chi connectivity index (χ0n) is 12.2. The number of ether oxygens (including phenoxy) is 2. The highest BCUT2D eigenvalue weighted by atomic mass is 35.5. The lowest BCUT2D eigenvalue weighted by atomic mass is 10.2. The van der Waals surface area contributed by atoms with Gasteiger partial charge in [0, 0.05) is 23.2 Å². The first-order chi connectivity index (χ1) is 10.2. The van der Waals surface area contributed by atoms with Crippen molar-refractivity contribution in [3.63, 3.8) is 0 Å². The lowest BCUT2D eigenvalue weighted by Crippen LogP contribution is -2.07. The fraction of sp³-hybridized carbons (Fsp3) is 0.400. The van der Waals surface area contributed by atoms with Crippen LogP contribution in [0.25, 0.3) is 0 Å². The van der Waals surface area contributed by atoms with E-state index in [4.69, 9.17) is 21.1 Å². The van der Waals surface area contributed by atoms with Crippen LogP contribution in [0.2, 0.25) is 5.02 Å². The second kappa shape index (κ2) is 7.33. The smallest absolute Gasteiger partial charge is 0.167 e. The van der Waals surface area contributed by atoms with E-state index in [2.05, 4.69) is 11.9 Å². The second-order valence-corrected chi connectivity index (χ2v) is 5.06. The highest BCUT2D eigenvalue weighted by molar-refractivity contribution is 6.30. The fourth-order valence-electron chi connectivity index (χ4n) is 2.11. The standard InChI is InChI=1S/C15H19ClN2O3/c1-3-4-18-10-17-7-13(18)9-21-15-11(8-19)5-12(16)6-14(15)20-2/h5-7,10,19H,3-4,8-9H2,1-2H3. The Kier molecular flexibility index (Phi) is 5.47. The zero-order chi connectivity index (χ0) is 15.2. The topological polar surface area (TPSA) is 56.5 Å². The molecule has 1 aromatic carbocycles. The van der Waals surface area contributed by atoms with Crippen LogP contribution in [0.5, 0.6) is 11.5 Å². The van der Waals surface area contributed by atoms with Crippen LogP contribution in [-0.4, -0.2) is 21.8 Å². The third kappa shape index (κ3) is 3.68.